The molecule has 2 nitrogen and oxygen atoms in total. The second-order valence-corrected chi connectivity index (χ2v) is 2.53. The fraction of sp³-hybridized carbons (Fsp3) is 0. The summed E-state index contributed by atoms with van der Waals surface area (Å²) < 4.78 is 0. The van der Waals surface area contributed by atoms with Crippen molar-refractivity contribution >= 4 is 11.6 Å². The van der Waals surface area contributed by atoms with Crippen LogP contribution in [0.4, 0.5) is 0 Å². The van der Waals surface area contributed by atoms with Crippen molar-refractivity contribution in [2.45, 2.75) is 0 Å². The Morgan fingerprint density at radius 2 is 1.83 bits per heavy atom. The number of ketones is 2. The third-order valence-corrected chi connectivity index (χ3v) is 1.75. The molecule has 0 fully saturated rings. The molecular weight excluding hydrogens is 152 g/mol. The molecule has 2 heteroatoms. The van der Waals surface area contributed by atoms with Crippen molar-refractivity contribution in [3.63, 3.8) is 0 Å². The monoisotopic (exact) mass is 157 g/mol. The molecule has 0 heterocycles. The van der Waals surface area contributed by atoms with Gasteiger partial charge in [0.05, 0.1) is 0 Å². The molecule has 12 heavy (non-hydrogen) atoms. The van der Waals surface area contributed by atoms with Gasteiger partial charge < -0.3 is 0 Å². The highest BCUT2D eigenvalue weighted by Gasteiger charge is 2.19. The molecule has 0 N–H and O–H groups in total. The summed E-state index contributed by atoms with van der Waals surface area (Å²) in [6.07, 6.45) is 3.93. The van der Waals surface area contributed by atoms with Crippen LogP contribution in [0.1, 0.15) is 15.9 Å². The third kappa shape index (κ3) is 0.889. The van der Waals surface area contributed by atoms with E-state index in [9.17, 15) is 9.59 Å². The topological polar surface area (TPSA) is 34.1 Å². The first-order valence-electron chi connectivity index (χ1n) is 3.56. The Hall–Kier alpha value is -1.70. The van der Waals surface area contributed by atoms with Crippen molar-refractivity contribution in [2.75, 3.05) is 0 Å². The second-order valence-electron chi connectivity index (χ2n) is 2.53. The predicted molar refractivity (Wildman–Crippen MR) is 42.7 cm³/mol. The molecular formula is C10H5O2. The number of benzene rings is 1. The highest BCUT2D eigenvalue weighted by atomic mass is 16.2. The molecule has 2 rings (SSSR count). The van der Waals surface area contributed by atoms with Gasteiger partial charge in [-0.25, -0.2) is 0 Å². The number of carbonyl (C=O) groups excluding carboxylic acids is 2. The summed E-state index contributed by atoms with van der Waals surface area (Å²) in [4.78, 5) is 22.1. The van der Waals surface area contributed by atoms with Gasteiger partial charge in [0.25, 0.3) is 0 Å². The SMILES string of the molecule is O=C1C=[C]c2ccccc2C1=O. The van der Waals surface area contributed by atoms with E-state index in [4.69, 9.17) is 0 Å². The average Bonchev–Trinajstić information content (AvgIpc) is 2.12. The van der Waals surface area contributed by atoms with Crippen LogP contribution >= 0.6 is 0 Å². The van der Waals surface area contributed by atoms with Crippen LogP contribution in [0.15, 0.2) is 30.3 Å². The van der Waals surface area contributed by atoms with E-state index in [2.05, 4.69) is 6.08 Å². The summed E-state index contributed by atoms with van der Waals surface area (Å²) in [6.45, 7) is 0. The van der Waals surface area contributed by atoms with Gasteiger partial charge in [-0.15, -0.1) is 0 Å². The van der Waals surface area contributed by atoms with Gasteiger partial charge in [0, 0.05) is 5.56 Å². The van der Waals surface area contributed by atoms with Crippen molar-refractivity contribution < 1.29 is 9.59 Å². The molecule has 0 saturated carbocycles. The zero-order chi connectivity index (χ0) is 8.55. The van der Waals surface area contributed by atoms with Crippen LogP contribution in [0.25, 0.3) is 0 Å². The highest BCUT2D eigenvalue weighted by molar-refractivity contribution is 6.48. The number of Topliss-reactive ketones (excluding diaryl/α,β-unsaturated/α-hetero) is 1. The first-order valence-corrected chi connectivity index (χ1v) is 3.56. The lowest BCUT2D eigenvalue weighted by molar-refractivity contribution is -0.111. The summed E-state index contributed by atoms with van der Waals surface area (Å²) >= 11 is 0. The van der Waals surface area contributed by atoms with Gasteiger partial charge in [-0.05, 0) is 17.7 Å². The van der Waals surface area contributed by atoms with Crippen molar-refractivity contribution in [1.82, 2.24) is 0 Å². The minimum atomic E-state index is -0.492. The maximum atomic E-state index is 11.2. The van der Waals surface area contributed by atoms with Crippen LogP contribution in [0.2, 0.25) is 0 Å². The van der Waals surface area contributed by atoms with E-state index in [0.717, 1.165) is 0 Å². The van der Waals surface area contributed by atoms with Crippen LogP contribution in [0.3, 0.4) is 0 Å². The lowest BCUT2D eigenvalue weighted by Crippen LogP contribution is -2.16. The number of carbonyl (C=O) groups is 2. The standard InChI is InChI=1S/C10H5O2/c11-9-6-5-7-3-1-2-4-8(7)10(9)12/h1-4,6H. The molecule has 1 aromatic carbocycles. The van der Waals surface area contributed by atoms with Crippen LogP contribution in [-0.2, 0) is 4.79 Å². The molecule has 1 aromatic rings. The molecule has 57 valence electrons. The Balaban J connectivity index is 2.67. The smallest absolute Gasteiger partial charge is 0.233 e. The fourth-order valence-electron chi connectivity index (χ4n) is 1.15. The lowest BCUT2D eigenvalue weighted by atomic mass is 9.96. The molecule has 1 radical (unpaired) electrons. The van der Waals surface area contributed by atoms with Crippen LogP contribution in [-0.4, -0.2) is 11.6 Å². The van der Waals surface area contributed by atoms with E-state index in [0.29, 0.717) is 11.1 Å². The first-order chi connectivity index (χ1) is 5.79. The molecule has 0 aromatic heterocycles. The largest absolute Gasteiger partial charge is 0.286 e. The van der Waals surface area contributed by atoms with Gasteiger partial charge >= 0.3 is 0 Å². The molecule has 0 atom stereocenters. The normalized spacial score (nSPS) is 14.7. The maximum Gasteiger partial charge on any atom is 0.233 e. The summed E-state index contributed by atoms with van der Waals surface area (Å²) in [5, 5.41) is 0. The maximum absolute atomic E-state index is 11.2. The Kier molecular flexibility index (Phi) is 1.40. The summed E-state index contributed by atoms with van der Waals surface area (Å²) in [7, 11) is 0. The Morgan fingerprint density at radius 3 is 2.67 bits per heavy atom. The zero-order valence-corrected chi connectivity index (χ0v) is 6.20. The van der Waals surface area contributed by atoms with Gasteiger partial charge in [0.2, 0.25) is 11.6 Å². The van der Waals surface area contributed by atoms with Gasteiger partial charge in [-0.2, -0.15) is 0 Å². The summed E-state index contributed by atoms with van der Waals surface area (Å²) in [6, 6.07) is 6.94. The fourth-order valence-corrected chi connectivity index (χ4v) is 1.15. The molecule has 1 aliphatic rings. The number of allylic oxidation sites excluding steroid dienone is 1. The van der Waals surface area contributed by atoms with E-state index in [1.54, 1.807) is 18.2 Å². The first kappa shape index (κ1) is 6.98. The average molecular weight is 157 g/mol. The minimum absolute atomic E-state index is 0.440. The van der Waals surface area contributed by atoms with E-state index in [1.165, 1.54) is 6.08 Å². The Labute approximate surface area is 69.5 Å². The zero-order valence-electron chi connectivity index (χ0n) is 6.20. The molecule has 0 spiro atoms. The van der Waals surface area contributed by atoms with Gasteiger partial charge in [-0.1, -0.05) is 24.3 Å². The lowest BCUT2D eigenvalue weighted by Gasteiger charge is -2.05. The molecule has 0 aliphatic heterocycles. The number of fused-ring (bicyclic) bond motifs is 1. The molecule has 1 aliphatic carbocycles. The third-order valence-electron chi connectivity index (χ3n) is 1.75. The predicted octanol–water partition coefficient (Wildman–Crippen LogP) is 1.16. The van der Waals surface area contributed by atoms with Crippen molar-refractivity contribution in [3.8, 4) is 0 Å². The van der Waals surface area contributed by atoms with Gasteiger partial charge in [0.1, 0.15) is 0 Å². The minimum Gasteiger partial charge on any atom is -0.286 e. The van der Waals surface area contributed by atoms with Crippen LogP contribution < -0.4 is 0 Å². The molecule has 0 saturated heterocycles. The summed E-state index contributed by atoms with van der Waals surface area (Å²) in [5.41, 5.74) is 1.15. The van der Waals surface area contributed by atoms with Crippen LogP contribution in [0.5, 0.6) is 0 Å². The Morgan fingerprint density at radius 1 is 1.08 bits per heavy atom. The number of hydrogen-bond donors (Lipinski definition) is 0. The van der Waals surface area contributed by atoms with Gasteiger partial charge in [-0.3, -0.25) is 9.59 Å². The molecule has 0 unspecified atom stereocenters. The van der Waals surface area contributed by atoms with E-state index >= 15 is 0 Å². The Bertz CT molecular complexity index is 389. The van der Waals surface area contributed by atoms with Crippen molar-refractivity contribution in [3.05, 3.63) is 47.5 Å². The number of hydrogen-bond acceptors (Lipinski definition) is 2. The second kappa shape index (κ2) is 2.41. The number of rotatable bonds is 0. The quantitative estimate of drug-likeness (QED) is 0.529. The van der Waals surface area contributed by atoms with Gasteiger partial charge in [0.15, 0.2) is 0 Å². The van der Waals surface area contributed by atoms with E-state index in [1.807, 2.05) is 6.07 Å². The van der Waals surface area contributed by atoms with Crippen molar-refractivity contribution in [2.24, 2.45) is 0 Å². The van der Waals surface area contributed by atoms with Crippen LogP contribution in [0, 0.1) is 6.08 Å². The van der Waals surface area contributed by atoms with E-state index in [-0.39, 0.29) is 0 Å². The van der Waals surface area contributed by atoms with E-state index < -0.39 is 11.6 Å². The molecule has 0 bridgehead atoms. The van der Waals surface area contributed by atoms with Crippen molar-refractivity contribution in [1.29, 1.82) is 0 Å². The summed E-state index contributed by atoms with van der Waals surface area (Å²) in [5.74, 6) is -0.932. The molecule has 0 amide bonds. The highest BCUT2D eigenvalue weighted by Crippen LogP contribution is 2.14.